The number of carbonyl (C=O) groups excluding carboxylic acids is 2. The van der Waals surface area contributed by atoms with Crippen molar-refractivity contribution in [3.8, 4) is 0 Å². The number of aromatic nitrogens is 2. The topological polar surface area (TPSA) is 98.0 Å². The minimum absolute atomic E-state index is 0.0270. The van der Waals surface area contributed by atoms with Gasteiger partial charge in [-0.1, -0.05) is 26.0 Å². The molecule has 2 rings (SSSR count). The molecule has 0 radical (unpaired) electrons. The zero-order valence-corrected chi connectivity index (χ0v) is 11.4. The van der Waals surface area contributed by atoms with Crippen molar-refractivity contribution in [1.82, 2.24) is 9.97 Å². The molecule has 0 unspecified atom stereocenters. The second kappa shape index (κ2) is 5.64. The van der Waals surface area contributed by atoms with Crippen LogP contribution in [0.1, 0.15) is 30.8 Å². The Hall–Kier alpha value is -2.50. The standard InChI is InChI=1S/C14H16N4O2/c1-8(2)7-11(19)18-14-12(13(15)20)16-9-5-3-4-6-10(9)17-14/h3-6,8H,7H2,1-2H3,(H2,15,20)(H,17,18,19). The monoisotopic (exact) mass is 272 g/mol. The van der Waals surface area contributed by atoms with E-state index in [-0.39, 0.29) is 23.3 Å². The number of hydrogen-bond acceptors (Lipinski definition) is 4. The van der Waals surface area contributed by atoms with Crippen molar-refractivity contribution in [2.24, 2.45) is 11.7 Å². The van der Waals surface area contributed by atoms with Gasteiger partial charge in [0.1, 0.15) is 0 Å². The summed E-state index contributed by atoms with van der Waals surface area (Å²) >= 11 is 0. The molecule has 0 fully saturated rings. The molecule has 6 nitrogen and oxygen atoms in total. The van der Waals surface area contributed by atoms with E-state index in [2.05, 4.69) is 15.3 Å². The number of hydrogen-bond donors (Lipinski definition) is 2. The van der Waals surface area contributed by atoms with E-state index in [4.69, 9.17) is 5.73 Å². The lowest BCUT2D eigenvalue weighted by atomic mass is 10.1. The average Bonchev–Trinajstić information content (AvgIpc) is 2.36. The van der Waals surface area contributed by atoms with Gasteiger partial charge in [0, 0.05) is 6.42 Å². The molecule has 0 saturated heterocycles. The Morgan fingerprint density at radius 2 is 1.80 bits per heavy atom. The van der Waals surface area contributed by atoms with Crippen molar-refractivity contribution in [2.45, 2.75) is 20.3 Å². The first kappa shape index (κ1) is 13.9. The SMILES string of the molecule is CC(C)CC(=O)Nc1nc2ccccc2nc1C(N)=O. The number of nitrogens with one attached hydrogen (secondary N) is 1. The fraction of sp³-hybridized carbons (Fsp3) is 0.286. The van der Waals surface area contributed by atoms with Gasteiger partial charge in [-0.25, -0.2) is 9.97 Å². The van der Waals surface area contributed by atoms with Crippen LogP contribution in [0.2, 0.25) is 0 Å². The molecule has 0 atom stereocenters. The fourth-order valence-corrected chi connectivity index (χ4v) is 1.81. The largest absolute Gasteiger partial charge is 0.364 e. The van der Waals surface area contributed by atoms with Gasteiger partial charge >= 0.3 is 0 Å². The smallest absolute Gasteiger partial charge is 0.271 e. The first-order chi connectivity index (χ1) is 9.47. The predicted molar refractivity (Wildman–Crippen MR) is 76.1 cm³/mol. The number of anilines is 1. The zero-order chi connectivity index (χ0) is 14.7. The maximum absolute atomic E-state index is 11.8. The van der Waals surface area contributed by atoms with Crippen molar-refractivity contribution in [2.75, 3.05) is 5.32 Å². The molecule has 104 valence electrons. The minimum atomic E-state index is -0.719. The first-order valence-electron chi connectivity index (χ1n) is 6.34. The molecule has 2 amide bonds. The van der Waals surface area contributed by atoms with Crippen molar-refractivity contribution in [1.29, 1.82) is 0 Å². The zero-order valence-electron chi connectivity index (χ0n) is 11.4. The van der Waals surface area contributed by atoms with Gasteiger partial charge in [0.2, 0.25) is 5.91 Å². The summed E-state index contributed by atoms with van der Waals surface area (Å²) in [5.41, 5.74) is 6.42. The van der Waals surface area contributed by atoms with Gasteiger partial charge in [-0.05, 0) is 18.1 Å². The molecule has 3 N–H and O–H groups in total. The Morgan fingerprint density at radius 3 is 2.35 bits per heavy atom. The van der Waals surface area contributed by atoms with E-state index in [0.29, 0.717) is 17.5 Å². The molecule has 0 saturated carbocycles. The Morgan fingerprint density at radius 1 is 1.20 bits per heavy atom. The fourth-order valence-electron chi connectivity index (χ4n) is 1.81. The number of nitrogens with zero attached hydrogens (tertiary/aromatic N) is 2. The summed E-state index contributed by atoms with van der Waals surface area (Å²) in [4.78, 5) is 31.6. The van der Waals surface area contributed by atoms with Gasteiger partial charge in [0.05, 0.1) is 11.0 Å². The van der Waals surface area contributed by atoms with Crippen LogP contribution in [0, 0.1) is 5.92 Å². The van der Waals surface area contributed by atoms with Crippen LogP contribution in [0.3, 0.4) is 0 Å². The number of nitrogens with two attached hydrogens (primary N) is 1. The van der Waals surface area contributed by atoms with Gasteiger partial charge in [0.25, 0.3) is 5.91 Å². The van der Waals surface area contributed by atoms with E-state index >= 15 is 0 Å². The van der Waals surface area contributed by atoms with E-state index in [0.717, 1.165) is 0 Å². The van der Waals surface area contributed by atoms with E-state index in [1.165, 1.54) is 0 Å². The number of benzene rings is 1. The summed E-state index contributed by atoms with van der Waals surface area (Å²) in [6, 6.07) is 7.08. The summed E-state index contributed by atoms with van der Waals surface area (Å²) in [6.07, 6.45) is 0.340. The lowest BCUT2D eigenvalue weighted by Crippen LogP contribution is -2.21. The maximum atomic E-state index is 11.8. The molecular formula is C14H16N4O2. The number of carbonyl (C=O) groups is 2. The van der Waals surface area contributed by atoms with Crippen LogP contribution in [0.25, 0.3) is 11.0 Å². The summed E-state index contributed by atoms with van der Waals surface area (Å²) in [5, 5.41) is 2.60. The van der Waals surface area contributed by atoms with E-state index in [1.807, 2.05) is 13.8 Å². The minimum Gasteiger partial charge on any atom is -0.364 e. The van der Waals surface area contributed by atoms with Crippen LogP contribution in [0.15, 0.2) is 24.3 Å². The van der Waals surface area contributed by atoms with Crippen molar-refractivity contribution >= 4 is 28.7 Å². The number of rotatable bonds is 4. The van der Waals surface area contributed by atoms with Gasteiger partial charge in [-0.3, -0.25) is 9.59 Å². The number of primary amides is 1. The summed E-state index contributed by atoms with van der Waals surface area (Å²) < 4.78 is 0. The van der Waals surface area contributed by atoms with Crippen LogP contribution < -0.4 is 11.1 Å². The quantitative estimate of drug-likeness (QED) is 0.885. The molecule has 0 aliphatic carbocycles. The summed E-state index contributed by atoms with van der Waals surface area (Å²) in [5.74, 6) is -0.613. The highest BCUT2D eigenvalue weighted by Crippen LogP contribution is 2.17. The lowest BCUT2D eigenvalue weighted by Gasteiger charge is -2.10. The maximum Gasteiger partial charge on any atom is 0.271 e. The normalized spacial score (nSPS) is 10.8. The number of para-hydroxylation sites is 2. The average molecular weight is 272 g/mol. The second-order valence-corrected chi connectivity index (χ2v) is 4.92. The molecule has 6 heteroatoms. The Balaban J connectivity index is 2.42. The highest BCUT2D eigenvalue weighted by Gasteiger charge is 2.16. The molecule has 2 aromatic rings. The molecule has 20 heavy (non-hydrogen) atoms. The Bertz CT molecular complexity index is 667. The highest BCUT2D eigenvalue weighted by molar-refractivity contribution is 6.02. The summed E-state index contributed by atoms with van der Waals surface area (Å²) in [7, 11) is 0. The van der Waals surface area contributed by atoms with Crippen molar-refractivity contribution in [3.05, 3.63) is 30.0 Å². The molecule has 0 aliphatic heterocycles. The molecular weight excluding hydrogens is 256 g/mol. The second-order valence-electron chi connectivity index (χ2n) is 4.92. The Labute approximate surface area is 116 Å². The molecule has 0 aliphatic rings. The molecule has 0 spiro atoms. The van der Waals surface area contributed by atoms with E-state index < -0.39 is 5.91 Å². The van der Waals surface area contributed by atoms with Gasteiger partial charge < -0.3 is 11.1 Å². The van der Waals surface area contributed by atoms with Gasteiger partial charge in [-0.2, -0.15) is 0 Å². The number of amides is 2. The first-order valence-corrected chi connectivity index (χ1v) is 6.34. The molecule has 1 heterocycles. The van der Waals surface area contributed by atoms with Crippen LogP contribution in [0.5, 0.6) is 0 Å². The van der Waals surface area contributed by atoms with Crippen molar-refractivity contribution < 1.29 is 9.59 Å². The van der Waals surface area contributed by atoms with Gasteiger partial charge in [-0.15, -0.1) is 0 Å². The third kappa shape index (κ3) is 3.09. The van der Waals surface area contributed by atoms with Crippen molar-refractivity contribution in [3.63, 3.8) is 0 Å². The summed E-state index contributed by atoms with van der Waals surface area (Å²) in [6.45, 7) is 3.86. The number of fused-ring (bicyclic) bond motifs is 1. The highest BCUT2D eigenvalue weighted by atomic mass is 16.2. The molecule has 1 aromatic carbocycles. The van der Waals surface area contributed by atoms with Crippen LogP contribution >= 0.6 is 0 Å². The third-order valence-electron chi connectivity index (χ3n) is 2.66. The molecule has 1 aromatic heterocycles. The predicted octanol–water partition coefficient (Wildman–Crippen LogP) is 1.71. The van der Waals surface area contributed by atoms with Crippen LogP contribution in [-0.2, 0) is 4.79 Å². The lowest BCUT2D eigenvalue weighted by molar-refractivity contribution is -0.116. The van der Waals surface area contributed by atoms with E-state index in [1.54, 1.807) is 24.3 Å². The van der Waals surface area contributed by atoms with E-state index in [9.17, 15) is 9.59 Å². The van der Waals surface area contributed by atoms with Gasteiger partial charge in [0.15, 0.2) is 11.5 Å². The third-order valence-corrected chi connectivity index (χ3v) is 2.66. The van der Waals surface area contributed by atoms with Crippen LogP contribution in [-0.4, -0.2) is 21.8 Å². The Kier molecular flexibility index (Phi) is 3.93. The van der Waals surface area contributed by atoms with Crippen LogP contribution in [0.4, 0.5) is 5.82 Å². The molecule has 0 bridgehead atoms.